The van der Waals surface area contributed by atoms with Crippen LogP contribution in [0.5, 0.6) is 0 Å². The van der Waals surface area contributed by atoms with Gasteiger partial charge in [0.25, 0.3) is 0 Å². The second-order valence-electron chi connectivity index (χ2n) is 4.72. The Balaban J connectivity index is 2.72. The van der Waals surface area contributed by atoms with Gasteiger partial charge in [0.1, 0.15) is 0 Å². The molecule has 0 aliphatic heterocycles. The number of aromatic nitrogens is 1. The number of rotatable bonds is 7. The Morgan fingerprint density at radius 3 is 2.58 bits per heavy atom. The topological polar surface area (TPSA) is 33.2 Å². The van der Waals surface area contributed by atoms with Crippen molar-refractivity contribution in [3.63, 3.8) is 0 Å². The van der Waals surface area contributed by atoms with Gasteiger partial charge in [-0.15, -0.1) is 0 Å². The van der Waals surface area contributed by atoms with Gasteiger partial charge in [-0.3, -0.25) is 9.78 Å². The molecule has 0 spiro atoms. The standard InChI is InChI=1S/C16H24N2O/c1-4-6-7-8-16(19)18(14(3)5-2)13-15-9-11-17-12-10-15/h6-7,9-12,14H,4-5,8,13H2,1-3H3/b7-6+/t14-/m1/s1. The SMILES string of the molecule is CC/C=C/CC(=O)N(Cc1ccncc1)[C@H](C)CC. The molecule has 0 bridgehead atoms. The molecule has 0 aromatic carbocycles. The van der Waals surface area contributed by atoms with Crippen molar-refractivity contribution in [2.24, 2.45) is 0 Å². The minimum Gasteiger partial charge on any atom is -0.335 e. The summed E-state index contributed by atoms with van der Waals surface area (Å²) < 4.78 is 0. The van der Waals surface area contributed by atoms with Crippen LogP contribution in [-0.2, 0) is 11.3 Å². The highest BCUT2D eigenvalue weighted by atomic mass is 16.2. The highest BCUT2D eigenvalue weighted by Crippen LogP contribution is 2.12. The van der Waals surface area contributed by atoms with Crippen molar-refractivity contribution < 1.29 is 4.79 Å². The van der Waals surface area contributed by atoms with Gasteiger partial charge in [-0.05, 0) is 37.5 Å². The first-order valence-electron chi connectivity index (χ1n) is 7.02. The lowest BCUT2D eigenvalue weighted by Gasteiger charge is -2.28. The maximum atomic E-state index is 12.3. The average Bonchev–Trinajstić information content (AvgIpc) is 2.45. The number of amides is 1. The molecule has 0 aliphatic rings. The smallest absolute Gasteiger partial charge is 0.226 e. The quantitative estimate of drug-likeness (QED) is 0.702. The van der Waals surface area contributed by atoms with Crippen molar-refractivity contribution in [3.8, 4) is 0 Å². The molecule has 0 radical (unpaired) electrons. The molecule has 1 amide bonds. The van der Waals surface area contributed by atoms with Crippen molar-refractivity contribution in [2.45, 2.75) is 52.6 Å². The third-order valence-corrected chi connectivity index (χ3v) is 3.24. The molecule has 0 saturated carbocycles. The molecule has 104 valence electrons. The second kappa shape index (κ2) is 8.46. The molecule has 1 atom stereocenters. The molecule has 1 aromatic rings. The molecule has 0 aliphatic carbocycles. The molecule has 1 heterocycles. The van der Waals surface area contributed by atoms with Crippen molar-refractivity contribution in [1.29, 1.82) is 0 Å². The molecule has 19 heavy (non-hydrogen) atoms. The summed E-state index contributed by atoms with van der Waals surface area (Å²) in [6.07, 6.45) is 9.97. The maximum Gasteiger partial charge on any atom is 0.226 e. The molecular weight excluding hydrogens is 236 g/mol. The lowest BCUT2D eigenvalue weighted by molar-refractivity contribution is -0.133. The first kappa shape index (κ1) is 15.4. The van der Waals surface area contributed by atoms with Crippen LogP contribution >= 0.6 is 0 Å². The predicted octanol–water partition coefficient (Wildman–Crippen LogP) is 3.57. The predicted molar refractivity (Wildman–Crippen MR) is 78.6 cm³/mol. The lowest BCUT2D eigenvalue weighted by atomic mass is 10.1. The Labute approximate surface area is 116 Å². The number of allylic oxidation sites excluding steroid dienone is 1. The van der Waals surface area contributed by atoms with E-state index in [0.29, 0.717) is 13.0 Å². The van der Waals surface area contributed by atoms with E-state index < -0.39 is 0 Å². The fourth-order valence-corrected chi connectivity index (χ4v) is 1.86. The Kier molecular flexibility index (Phi) is 6.86. The Morgan fingerprint density at radius 1 is 1.32 bits per heavy atom. The zero-order valence-electron chi connectivity index (χ0n) is 12.2. The zero-order chi connectivity index (χ0) is 14.1. The summed E-state index contributed by atoms with van der Waals surface area (Å²) in [6.45, 7) is 6.95. The number of hydrogen-bond donors (Lipinski definition) is 0. The first-order valence-corrected chi connectivity index (χ1v) is 7.02. The van der Waals surface area contributed by atoms with E-state index in [9.17, 15) is 4.79 Å². The monoisotopic (exact) mass is 260 g/mol. The van der Waals surface area contributed by atoms with Gasteiger partial charge in [-0.2, -0.15) is 0 Å². The van der Waals surface area contributed by atoms with Gasteiger partial charge in [0.15, 0.2) is 0 Å². The van der Waals surface area contributed by atoms with E-state index >= 15 is 0 Å². The molecule has 3 nitrogen and oxygen atoms in total. The molecule has 0 N–H and O–H groups in total. The van der Waals surface area contributed by atoms with E-state index in [-0.39, 0.29) is 11.9 Å². The van der Waals surface area contributed by atoms with Crippen molar-refractivity contribution >= 4 is 5.91 Å². The molecule has 0 unspecified atom stereocenters. The third-order valence-electron chi connectivity index (χ3n) is 3.24. The average molecular weight is 260 g/mol. The van der Waals surface area contributed by atoms with Crippen LogP contribution in [0.25, 0.3) is 0 Å². The molecule has 1 aromatic heterocycles. The highest BCUT2D eigenvalue weighted by molar-refractivity contribution is 5.78. The molecular formula is C16H24N2O. The molecule has 0 fully saturated rings. The summed E-state index contributed by atoms with van der Waals surface area (Å²) in [6, 6.07) is 4.19. The van der Waals surface area contributed by atoms with Crippen LogP contribution in [0.2, 0.25) is 0 Å². The Morgan fingerprint density at radius 2 is 2.00 bits per heavy atom. The van der Waals surface area contributed by atoms with Crippen molar-refractivity contribution in [1.82, 2.24) is 9.88 Å². The van der Waals surface area contributed by atoms with Crippen LogP contribution in [0.4, 0.5) is 0 Å². The fourth-order valence-electron chi connectivity index (χ4n) is 1.86. The van der Waals surface area contributed by atoms with Gasteiger partial charge in [0, 0.05) is 31.4 Å². The van der Waals surface area contributed by atoms with Crippen molar-refractivity contribution in [3.05, 3.63) is 42.2 Å². The van der Waals surface area contributed by atoms with E-state index in [1.54, 1.807) is 12.4 Å². The summed E-state index contributed by atoms with van der Waals surface area (Å²) in [7, 11) is 0. The zero-order valence-corrected chi connectivity index (χ0v) is 12.2. The van der Waals surface area contributed by atoms with Crippen LogP contribution < -0.4 is 0 Å². The number of pyridine rings is 1. The van der Waals surface area contributed by atoms with E-state index in [4.69, 9.17) is 0 Å². The molecule has 3 heteroatoms. The third kappa shape index (κ3) is 5.25. The number of hydrogen-bond acceptors (Lipinski definition) is 2. The summed E-state index contributed by atoms with van der Waals surface area (Å²) in [5.41, 5.74) is 1.13. The molecule has 0 saturated heterocycles. The number of carbonyl (C=O) groups excluding carboxylic acids is 1. The number of carbonyl (C=O) groups is 1. The summed E-state index contributed by atoms with van der Waals surface area (Å²) in [5, 5.41) is 0. The summed E-state index contributed by atoms with van der Waals surface area (Å²) in [4.78, 5) is 18.2. The maximum absolute atomic E-state index is 12.3. The lowest BCUT2D eigenvalue weighted by Crippen LogP contribution is -2.37. The molecule has 1 rings (SSSR count). The fraction of sp³-hybridized carbons (Fsp3) is 0.500. The van der Waals surface area contributed by atoms with E-state index in [2.05, 4.69) is 25.8 Å². The minimum atomic E-state index is 0.191. The van der Waals surface area contributed by atoms with Crippen molar-refractivity contribution in [2.75, 3.05) is 0 Å². The van der Waals surface area contributed by atoms with Crippen LogP contribution in [0.1, 0.15) is 45.6 Å². The van der Waals surface area contributed by atoms with Gasteiger partial charge in [-0.25, -0.2) is 0 Å². The van der Waals surface area contributed by atoms with Crippen LogP contribution in [-0.4, -0.2) is 21.8 Å². The van der Waals surface area contributed by atoms with Gasteiger partial charge in [0.05, 0.1) is 0 Å². The summed E-state index contributed by atoms with van der Waals surface area (Å²) in [5.74, 6) is 0.191. The van der Waals surface area contributed by atoms with Gasteiger partial charge < -0.3 is 4.90 Å². The van der Waals surface area contributed by atoms with Gasteiger partial charge in [0.2, 0.25) is 5.91 Å². The largest absolute Gasteiger partial charge is 0.335 e. The second-order valence-corrected chi connectivity index (χ2v) is 4.72. The van der Waals surface area contributed by atoms with Crippen LogP contribution in [0.15, 0.2) is 36.7 Å². The van der Waals surface area contributed by atoms with E-state index in [1.807, 2.05) is 29.2 Å². The van der Waals surface area contributed by atoms with Gasteiger partial charge >= 0.3 is 0 Å². The highest BCUT2D eigenvalue weighted by Gasteiger charge is 2.17. The first-order chi connectivity index (χ1) is 9.19. The number of nitrogens with zero attached hydrogens (tertiary/aromatic N) is 2. The van der Waals surface area contributed by atoms with Crippen LogP contribution in [0, 0.1) is 0 Å². The van der Waals surface area contributed by atoms with E-state index in [0.717, 1.165) is 18.4 Å². The van der Waals surface area contributed by atoms with E-state index in [1.165, 1.54) is 0 Å². The Hall–Kier alpha value is -1.64. The normalized spacial score (nSPS) is 12.6. The Bertz CT molecular complexity index is 400. The minimum absolute atomic E-state index is 0.191. The van der Waals surface area contributed by atoms with Gasteiger partial charge in [-0.1, -0.05) is 26.0 Å². The summed E-state index contributed by atoms with van der Waals surface area (Å²) >= 11 is 0. The van der Waals surface area contributed by atoms with Crippen LogP contribution in [0.3, 0.4) is 0 Å².